The lowest BCUT2D eigenvalue weighted by Crippen LogP contribution is -2.00. The number of H-pyrrole nitrogens is 1. The molecule has 1 heterocycles. The molecule has 0 aliphatic heterocycles. The fourth-order valence-electron chi connectivity index (χ4n) is 0.648. The molecule has 4 nitrogen and oxygen atoms in total. The molecule has 0 radical (unpaired) electrons. The first-order valence-electron chi connectivity index (χ1n) is 2.74. The van der Waals surface area contributed by atoms with Crippen molar-refractivity contribution in [2.24, 2.45) is 0 Å². The molecule has 1 aromatic heterocycles. The van der Waals surface area contributed by atoms with Crippen molar-refractivity contribution in [3.05, 3.63) is 18.0 Å². The van der Waals surface area contributed by atoms with Crippen LogP contribution in [0.2, 0.25) is 0 Å². The van der Waals surface area contributed by atoms with E-state index in [2.05, 4.69) is 10.2 Å². The second kappa shape index (κ2) is 3.73. The number of aromatic amines is 1. The summed E-state index contributed by atoms with van der Waals surface area (Å²) < 4.78 is 21.3. The fraction of sp³-hybridized carbons (Fsp3) is 0.400. The van der Waals surface area contributed by atoms with Crippen LogP contribution in [0, 0.1) is 0 Å². The van der Waals surface area contributed by atoms with E-state index in [1.54, 1.807) is 6.07 Å². The first kappa shape index (κ1) is 10.4. The van der Waals surface area contributed by atoms with Gasteiger partial charge in [-0.25, -0.2) is 8.42 Å². The average Bonchev–Trinajstić information content (AvgIpc) is 2.12. The maximum atomic E-state index is 10.7. The molecule has 0 bridgehead atoms. The molecule has 0 atom stereocenters. The zero-order chi connectivity index (χ0) is 7.61. The van der Waals surface area contributed by atoms with Crippen molar-refractivity contribution in [2.75, 3.05) is 6.26 Å². The minimum absolute atomic E-state index is 0. The van der Waals surface area contributed by atoms with E-state index in [-0.39, 0.29) is 18.2 Å². The highest BCUT2D eigenvalue weighted by molar-refractivity contribution is 7.89. The summed E-state index contributed by atoms with van der Waals surface area (Å²) >= 11 is 0. The predicted octanol–water partition coefficient (Wildman–Crippen LogP) is 0.376. The van der Waals surface area contributed by atoms with Crippen molar-refractivity contribution in [3.8, 4) is 0 Å². The Morgan fingerprint density at radius 1 is 1.64 bits per heavy atom. The Labute approximate surface area is 71.3 Å². The van der Waals surface area contributed by atoms with Gasteiger partial charge in [0.2, 0.25) is 0 Å². The Hall–Kier alpha value is -0.550. The Morgan fingerprint density at radius 3 is 2.64 bits per heavy atom. The topological polar surface area (TPSA) is 62.8 Å². The fourth-order valence-corrected chi connectivity index (χ4v) is 1.37. The second-order valence-electron chi connectivity index (χ2n) is 2.15. The Kier molecular flexibility index (Phi) is 3.54. The van der Waals surface area contributed by atoms with Gasteiger partial charge in [0.25, 0.3) is 0 Å². The molecule has 64 valence electrons. The van der Waals surface area contributed by atoms with E-state index in [0.717, 1.165) is 0 Å². The third-order valence-corrected chi connectivity index (χ3v) is 1.81. The summed E-state index contributed by atoms with van der Waals surface area (Å²) in [5, 5.41) is 6.18. The Morgan fingerprint density at radius 2 is 2.27 bits per heavy atom. The number of nitrogens with zero attached hydrogens (tertiary/aromatic N) is 1. The highest BCUT2D eigenvalue weighted by atomic mass is 35.5. The Bertz CT molecular complexity index is 292. The zero-order valence-electron chi connectivity index (χ0n) is 5.94. The summed E-state index contributed by atoms with van der Waals surface area (Å²) in [7, 11) is -2.92. The van der Waals surface area contributed by atoms with Crippen LogP contribution in [0.25, 0.3) is 0 Å². The van der Waals surface area contributed by atoms with Gasteiger partial charge in [-0.1, -0.05) is 0 Å². The summed E-state index contributed by atoms with van der Waals surface area (Å²) in [5.41, 5.74) is 0.627. The molecule has 0 fully saturated rings. The van der Waals surface area contributed by atoms with Gasteiger partial charge in [0, 0.05) is 12.5 Å². The second-order valence-corrected chi connectivity index (χ2v) is 4.29. The molecule has 1 N–H and O–H groups in total. The predicted molar refractivity (Wildman–Crippen MR) is 44.4 cm³/mol. The molecule has 11 heavy (non-hydrogen) atoms. The van der Waals surface area contributed by atoms with Crippen LogP contribution in [-0.2, 0) is 15.6 Å². The first-order valence-corrected chi connectivity index (χ1v) is 4.80. The molecular formula is C5H9ClN2O2S. The van der Waals surface area contributed by atoms with E-state index in [0.29, 0.717) is 5.69 Å². The quantitative estimate of drug-likeness (QED) is 0.744. The van der Waals surface area contributed by atoms with Crippen molar-refractivity contribution in [1.82, 2.24) is 10.2 Å². The minimum atomic E-state index is -2.92. The van der Waals surface area contributed by atoms with Gasteiger partial charge in [-0.15, -0.1) is 12.4 Å². The summed E-state index contributed by atoms with van der Waals surface area (Å²) in [4.78, 5) is 0. The number of aromatic nitrogens is 2. The Balaban J connectivity index is 0.000001000. The van der Waals surface area contributed by atoms with Gasteiger partial charge in [0.15, 0.2) is 9.84 Å². The molecule has 0 saturated heterocycles. The van der Waals surface area contributed by atoms with Crippen molar-refractivity contribution < 1.29 is 8.42 Å². The molecule has 0 aliphatic carbocycles. The smallest absolute Gasteiger partial charge is 0.153 e. The number of halogens is 1. The van der Waals surface area contributed by atoms with E-state index in [9.17, 15) is 8.42 Å². The number of hydrogen-bond acceptors (Lipinski definition) is 3. The molecule has 0 saturated carbocycles. The lowest BCUT2D eigenvalue weighted by Gasteiger charge is -1.91. The van der Waals surface area contributed by atoms with E-state index >= 15 is 0 Å². The molecule has 0 amide bonds. The van der Waals surface area contributed by atoms with Crippen LogP contribution in [0.4, 0.5) is 0 Å². The van der Waals surface area contributed by atoms with Gasteiger partial charge in [-0.3, -0.25) is 5.10 Å². The number of hydrogen-bond donors (Lipinski definition) is 1. The van der Waals surface area contributed by atoms with Gasteiger partial charge < -0.3 is 0 Å². The summed E-state index contributed by atoms with van der Waals surface area (Å²) in [6.07, 6.45) is 2.72. The molecule has 0 aliphatic rings. The molecule has 0 aromatic carbocycles. The lowest BCUT2D eigenvalue weighted by molar-refractivity contribution is 0.600. The normalized spacial score (nSPS) is 10.6. The van der Waals surface area contributed by atoms with Gasteiger partial charge in [-0.2, -0.15) is 5.10 Å². The maximum absolute atomic E-state index is 10.7. The van der Waals surface area contributed by atoms with Crippen LogP contribution in [-0.4, -0.2) is 24.9 Å². The van der Waals surface area contributed by atoms with Crippen molar-refractivity contribution >= 4 is 22.2 Å². The van der Waals surface area contributed by atoms with Crippen molar-refractivity contribution in [1.29, 1.82) is 0 Å². The van der Waals surface area contributed by atoms with E-state index in [1.807, 2.05) is 0 Å². The average molecular weight is 197 g/mol. The van der Waals surface area contributed by atoms with Crippen LogP contribution < -0.4 is 0 Å². The third kappa shape index (κ3) is 4.00. The van der Waals surface area contributed by atoms with Crippen molar-refractivity contribution in [2.45, 2.75) is 5.75 Å². The third-order valence-electron chi connectivity index (χ3n) is 0.976. The SMILES string of the molecule is CS(=O)(=O)Cc1ccn[nH]1.Cl. The van der Waals surface area contributed by atoms with Crippen LogP contribution in [0.1, 0.15) is 5.69 Å². The van der Waals surface area contributed by atoms with Crippen LogP contribution in [0.15, 0.2) is 12.3 Å². The molecular weight excluding hydrogens is 188 g/mol. The standard InChI is InChI=1S/C5H8N2O2S.ClH/c1-10(8,9)4-5-2-3-6-7-5;/h2-3H,4H2,1H3,(H,6,7);1H. The number of nitrogens with one attached hydrogen (secondary N) is 1. The molecule has 0 unspecified atom stereocenters. The van der Waals surface area contributed by atoms with Gasteiger partial charge in [0.1, 0.15) is 0 Å². The highest BCUT2D eigenvalue weighted by Gasteiger charge is 2.03. The summed E-state index contributed by atoms with van der Waals surface area (Å²) in [5.74, 6) is 0.0347. The minimum Gasteiger partial charge on any atom is -0.282 e. The maximum Gasteiger partial charge on any atom is 0.153 e. The van der Waals surface area contributed by atoms with Gasteiger partial charge in [-0.05, 0) is 6.07 Å². The summed E-state index contributed by atoms with van der Waals surface area (Å²) in [6, 6.07) is 1.64. The van der Waals surface area contributed by atoms with Crippen LogP contribution in [0.5, 0.6) is 0 Å². The zero-order valence-corrected chi connectivity index (χ0v) is 7.58. The molecule has 6 heteroatoms. The van der Waals surface area contributed by atoms with E-state index in [1.165, 1.54) is 12.5 Å². The monoisotopic (exact) mass is 196 g/mol. The van der Waals surface area contributed by atoms with Crippen molar-refractivity contribution in [3.63, 3.8) is 0 Å². The van der Waals surface area contributed by atoms with Gasteiger partial charge in [0.05, 0.1) is 11.4 Å². The van der Waals surface area contributed by atoms with Crippen LogP contribution >= 0.6 is 12.4 Å². The van der Waals surface area contributed by atoms with E-state index < -0.39 is 9.84 Å². The molecule has 1 rings (SSSR count). The number of rotatable bonds is 2. The highest BCUT2D eigenvalue weighted by Crippen LogP contribution is 1.97. The largest absolute Gasteiger partial charge is 0.282 e. The number of sulfone groups is 1. The van der Waals surface area contributed by atoms with Crippen LogP contribution in [0.3, 0.4) is 0 Å². The lowest BCUT2D eigenvalue weighted by atomic mass is 10.5. The van der Waals surface area contributed by atoms with E-state index in [4.69, 9.17) is 0 Å². The molecule has 0 spiro atoms. The summed E-state index contributed by atoms with van der Waals surface area (Å²) in [6.45, 7) is 0. The first-order chi connectivity index (χ1) is 4.58. The molecule has 1 aromatic rings. The van der Waals surface area contributed by atoms with Gasteiger partial charge >= 0.3 is 0 Å².